The number of carbonyl (C=O) groups is 1. The molecule has 1 atom stereocenters. The number of fused-ring (bicyclic) bond motifs is 1. The van der Waals surface area contributed by atoms with E-state index in [1.807, 2.05) is 25.1 Å². The second-order valence-corrected chi connectivity index (χ2v) is 8.84. The molecule has 0 saturated heterocycles. The number of amides is 1. The fourth-order valence-electron chi connectivity index (χ4n) is 3.02. The van der Waals surface area contributed by atoms with Crippen molar-refractivity contribution < 1.29 is 22.7 Å². The Morgan fingerprint density at radius 1 is 1.11 bits per heavy atom. The lowest BCUT2D eigenvalue weighted by Gasteiger charge is -2.21. The molecule has 3 rings (SSSR count). The van der Waals surface area contributed by atoms with Crippen LogP contribution in [0.4, 0.5) is 5.69 Å². The highest BCUT2D eigenvalue weighted by Crippen LogP contribution is 2.32. The molecule has 1 N–H and O–H groups in total. The maximum absolute atomic E-state index is 12.6. The molecule has 0 spiro atoms. The zero-order chi connectivity index (χ0) is 20.5. The summed E-state index contributed by atoms with van der Waals surface area (Å²) in [6.45, 7) is 4.70. The third kappa shape index (κ3) is 4.22. The number of nitrogens with zero attached hydrogens (tertiary/aromatic N) is 1. The Hall–Kier alpha value is -2.74. The Kier molecular flexibility index (Phi) is 5.51. The van der Waals surface area contributed by atoms with Crippen LogP contribution < -0.4 is 19.1 Å². The molecule has 0 fully saturated rings. The van der Waals surface area contributed by atoms with Crippen molar-refractivity contribution in [3.05, 3.63) is 53.1 Å². The van der Waals surface area contributed by atoms with E-state index >= 15 is 0 Å². The molecule has 0 bridgehead atoms. The van der Waals surface area contributed by atoms with Crippen LogP contribution in [0.3, 0.4) is 0 Å². The van der Waals surface area contributed by atoms with Gasteiger partial charge in [0.1, 0.15) is 13.2 Å². The quantitative estimate of drug-likeness (QED) is 0.828. The standard InChI is InChI=1S/C20H24N2O5S/c1-13-11-16(5-7-17(13)22(3)28(4,24)25)20(23)21-14(2)15-6-8-18-19(12-15)27-10-9-26-18/h5-8,11-12,14H,9-10H2,1-4H3,(H,21,23)/t14-/m0/s1. The van der Waals surface area contributed by atoms with E-state index in [0.29, 0.717) is 41.5 Å². The number of carbonyl (C=O) groups excluding carboxylic acids is 1. The second-order valence-electron chi connectivity index (χ2n) is 6.83. The Morgan fingerprint density at radius 3 is 2.43 bits per heavy atom. The number of sulfonamides is 1. The first-order valence-corrected chi connectivity index (χ1v) is 10.8. The maximum atomic E-state index is 12.6. The summed E-state index contributed by atoms with van der Waals surface area (Å²) in [5.41, 5.74) is 2.61. The number of hydrogen-bond acceptors (Lipinski definition) is 5. The Morgan fingerprint density at radius 2 is 1.79 bits per heavy atom. The molecule has 1 aliphatic rings. The lowest BCUT2D eigenvalue weighted by atomic mass is 10.1. The summed E-state index contributed by atoms with van der Waals surface area (Å²) < 4.78 is 35.8. The Labute approximate surface area is 165 Å². The molecule has 150 valence electrons. The van der Waals surface area contributed by atoms with Gasteiger partial charge in [-0.1, -0.05) is 6.07 Å². The highest BCUT2D eigenvalue weighted by atomic mass is 32.2. The lowest BCUT2D eigenvalue weighted by molar-refractivity contribution is 0.0939. The van der Waals surface area contributed by atoms with Crippen molar-refractivity contribution in [1.29, 1.82) is 0 Å². The maximum Gasteiger partial charge on any atom is 0.251 e. The van der Waals surface area contributed by atoms with Crippen molar-refractivity contribution in [2.45, 2.75) is 19.9 Å². The van der Waals surface area contributed by atoms with Crippen LogP contribution in [0.25, 0.3) is 0 Å². The van der Waals surface area contributed by atoms with Crippen LogP contribution in [0.2, 0.25) is 0 Å². The van der Waals surface area contributed by atoms with Gasteiger partial charge in [0, 0.05) is 12.6 Å². The van der Waals surface area contributed by atoms with Crippen LogP contribution in [0.5, 0.6) is 11.5 Å². The fourth-order valence-corrected chi connectivity index (χ4v) is 3.58. The average molecular weight is 404 g/mol. The number of benzene rings is 2. The van der Waals surface area contributed by atoms with Gasteiger partial charge in [0.15, 0.2) is 11.5 Å². The highest BCUT2D eigenvalue weighted by molar-refractivity contribution is 7.92. The molecule has 0 aromatic heterocycles. The molecule has 0 aliphatic carbocycles. The van der Waals surface area contributed by atoms with Crippen LogP contribution in [-0.2, 0) is 10.0 Å². The SMILES string of the molecule is Cc1cc(C(=O)N[C@@H](C)c2ccc3c(c2)OCCO3)ccc1N(C)S(C)(=O)=O. The topological polar surface area (TPSA) is 84.9 Å². The van der Waals surface area contributed by atoms with Gasteiger partial charge in [0.25, 0.3) is 5.91 Å². The van der Waals surface area contributed by atoms with Gasteiger partial charge >= 0.3 is 0 Å². The molecule has 1 aliphatic heterocycles. The summed E-state index contributed by atoms with van der Waals surface area (Å²) >= 11 is 0. The molecule has 1 heterocycles. The van der Waals surface area contributed by atoms with Crippen LogP contribution in [0.15, 0.2) is 36.4 Å². The van der Waals surface area contributed by atoms with Crippen molar-refractivity contribution in [2.24, 2.45) is 0 Å². The van der Waals surface area contributed by atoms with E-state index in [1.54, 1.807) is 25.1 Å². The van der Waals surface area contributed by atoms with Gasteiger partial charge in [-0.05, 0) is 55.3 Å². The van der Waals surface area contributed by atoms with Crippen molar-refractivity contribution >= 4 is 21.6 Å². The summed E-state index contributed by atoms with van der Waals surface area (Å²) in [6.07, 6.45) is 1.14. The van der Waals surface area contributed by atoms with Gasteiger partial charge in [0.05, 0.1) is 18.0 Å². The molecular formula is C20H24N2O5S. The van der Waals surface area contributed by atoms with Gasteiger partial charge in [-0.3, -0.25) is 9.10 Å². The molecule has 2 aromatic rings. The van der Waals surface area contributed by atoms with Crippen LogP contribution in [0.1, 0.15) is 34.5 Å². The summed E-state index contributed by atoms with van der Waals surface area (Å²) in [5.74, 6) is 1.14. The van der Waals surface area contributed by atoms with E-state index in [9.17, 15) is 13.2 Å². The third-order valence-corrected chi connectivity index (χ3v) is 5.90. The minimum Gasteiger partial charge on any atom is -0.486 e. The van der Waals surface area contributed by atoms with E-state index in [2.05, 4.69) is 5.32 Å². The van der Waals surface area contributed by atoms with Gasteiger partial charge in [-0.15, -0.1) is 0 Å². The van der Waals surface area contributed by atoms with Crippen molar-refractivity contribution in [3.8, 4) is 11.5 Å². The van der Waals surface area contributed by atoms with Crippen molar-refractivity contribution in [1.82, 2.24) is 5.32 Å². The summed E-state index contributed by atoms with van der Waals surface area (Å²) in [4.78, 5) is 12.6. The number of hydrogen-bond donors (Lipinski definition) is 1. The third-order valence-electron chi connectivity index (χ3n) is 4.71. The van der Waals surface area contributed by atoms with Crippen LogP contribution >= 0.6 is 0 Å². The number of nitrogens with one attached hydrogen (secondary N) is 1. The first-order chi connectivity index (χ1) is 13.2. The largest absolute Gasteiger partial charge is 0.486 e. The smallest absolute Gasteiger partial charge is 0.251 e. The summed E-state index contributed by atoms with van der Waals surface area (Å²) in [7, 11) is -1.88. The monoisotopic (exact) mass is 404 g/mol. The minimum absolute atomic E-state index is 0.234. The van der Waals surface area contributed by atoms with E-state index < -0.39 is 10.0 Å². The first-order valence-electron chi connectivity index (χ1n) is 8.92. The molecule has 8 heteroatoms. The fraction of sp³-hybridized carbons (Fsp3) is 0.350. The van der Waals surface area contributed by atoms with E-state index in [0.717, 1.165) is 11.8 Å². The van der Waals surface area contributed by atoms with E-state index in [4.69, 9.17) is 9.47 Å². The highest BCUT2D eigenvalue weighted by Gasteiger charge is 2.18. The Balaban J connectivity index is 1.75. The summed E-state index contributed by atoms with van der Waals surface area (Å²) in [6, 6.07) is 10.3. The van der Waals surface area contributed by atoms with Gasteiger partial charge in [-0.2, -0.15) is 0 Å². The van der Waals surface area contributed by atoms with Gasteiger partial charge in [0.2, 0.25) is 10.0 Å². The molecule has 0 unspecified atom stereocenters. The predicted molar refractivity (Wildman–Crippen MR) is 108 cm³/mol. The van der Waals surface area contributed by atoms with Crippen molar-refractivity contribution in [3.63, 3.8) is 0 Å². The van der Waals surface area contributed by atoms with Crippen molar-refractivity contribution in [2.75, 3.05) is 30.8 Å². The lowest BCUT2D eigenvalue weighted by Crippen LogP contribution is -2.28. The van der Waals surface area contributed by atoms with Gasteiger partial charge in [-0.25, -0.2) is 8.42 Å². The minimum atomic E-state index is -3.36. The zero-order valence-corrected chi connectivity index (χ0v) is 17.2. The molecule has 0 radical (unpaired) electrons. The molecule has 28 heavy (non-hydrogen) atoms. The predicted octanol–water partition coefficient (Wildman–Crippen LogP) is 2.65. The van der Waals surface area contributed by atoms with Gasteiger partial charge < -0.3 is 14.8 Å². The molecule has 7 nitrogen and oxygen atoms in total. The molecular weight excluding hydrogens is 380 g/mol. The average Bonchev–Trinajstić information content (AvgIpc) is 2.66. The summed E-state index contributed by atoms with van der Waals surface area (Å²) in [5, 5.41) is 2.96. The molecule has 2 aromatic carbocycles. The van der Waals surface area contributed by atoms with Crippen LogP contribution in [-0.4, -0.2) is 40.8 Å². The number of aryl methyl sites for hydroxylation is 1. The molecule has 1 amide bonds. The number of anilines is 1. The van der Waals surface area contributed by atoms with Crippen LogP contribution in [0, 0.1) is 6.92 Å². The Bertz CT molecular complexity index is 1000. The zero-order valence-electron chi connectivity index (χ0n) is 16.4. The number of rotatable bonds is 5. The number of ether oxygens (including phenoxy) is 2. The normalized spacial score (nSPS) is 14.3. The first kappa shape index (κ1) is 20.0. The van der Waals surface area contributed by atoms with E-state index in [1.165, 1.54) is 11.4 Å². The second kappa shape index (κ2) is 7.71. The molecule has 0 saturated carbocycles. The van der Waals surface area contributed by atoms with E-state index in [-0.39, 0.29) is 11.9 Å².